The third-order valence-electron chi connectivity index (χ3n) is 1.94. The number of carbonyl (C=O) groups excluding carboxylic acids is 2. The minimum absolute atomic E-state index is 0.136. The second kappa shape index (κ2) is 11.5. The monoisotopic (exact) mass is 246 g/mol. The zero-order chi connectivity index (χ0) is 13.6. The molecule has 18 heavy (non-hydrogen) atoms. The quantitative estimate of drug-likeness (QED) is 0.264. The van der Waals surface area contributed by atoms with Gasteiger partial charge in [0.25, 0.3) is 0 Å². The van der Waals surface area contributed by atoms with Crippen LogP contribution in [0, 0.1) is 0 Å². The molecule has 0 bridgehead atoms. The van der Waals surface area contributed by atoms with Crippen LogP contribution in [0.4, 0.5) is 0 Å². The largest absolute Gasteiger partial charge is 0.385 e. The summed E-state index contributed by atoms with van der Waals surface area (Å²) in [6.07, 6.45) is 6.04. The fourth-order valence-electron chi connectivity index (χ4n) is 0.941. The number of ether oxygens (including phenoxy) is 1. The Morgan fingerprint density at radius 2 is 1.72 bits per heavy atom. The molecule has 0 saturated carbocycles. The Bertz CT molecular complexity index is 379. The van der Waals surface area contributed by atoms with Gasteiger partial charge in [-0.15, -0.1) is 0 Å². The Morgan fingerprint density at radius 1 is 1.17 bits per heavy atom. The molecule has 0 aliphatic carbocycles. The minimum Gasteiger partial charge on any atom is -0.385 e. The van der Waals surface area contributed by atoms with Crippen LogP contribution in [0.2, 0.25) is 0 Å². The van der Waals surface area contributed by atoms with Gasteiger partial charge in [0.05, 0.1) is 5.57 Å². The van der Waals surface area contributed by atoms with Crippen molar-refractivity contribution in [2.24, 2.45) is 0 Å². The highest BCUT2D eigenvalue weighted by atomic mass is 16.5. The number of aldehydes is 2. The number of hydrogen-bond acceptors (Lipinski definition) is 3. The molecule has 0 radical (unpaired) electrons. The third kappa shape index (κ3) is 8.19. The highest BCUT2D eigenvalue weighted by Crippen LogP contribution is 2.01. The van der Waals surface area contributed by atoms with E-state index in [-0.39, 0.29) is 5.57 Å². The fourth-order valence-corrected chi connectivity index (χ4v) is 0.941. The lowest BCUT2D eigenvalue weighted by Gasteiger charge is -1.88. The molecule has 0 fully saturated rings. The summed E-state index contributed by atoms with van der Waals surface area (Å²) < 4.78 is 4.54. The molecule has 0 saturated heterocycles. The second-order valence-electron chi connectivity index (χ2n) is 3.25. The van der Waals surface area contributed by atoms with Gasteiger partial charge in [-0.2, -0.15) is 0 Å². The summed E-state index contributed by atoms with van der Waals surface area (Å²) in [5.74, 6) is 0. The van der Waals surface area contributed by atoms with Gasteiger partial charge in [-0.3, -0.25) is 9.59 Å². The van der Waals surface area contributed by atoms with Crippen LogP contribution in [0.1, 0.15) is 12.5 Å². The van der Waals surface area contributed by atoms with E-state index >= 15 is 0 Å². The molecule has 1 aromatic rings. The molecule has 0 aromatic heterocycles. The van der Waals surface area contributed by atoms with Crippen molar-refractivity contribution in [1.82, 2.24) is 0 Å². The van der Waals surface area contributed by atoms with Gasteiger partial charge >= 0.3 is 0 Å². The summed E-state index contributed by atoms with van der Waals surface area (Å²) in [7, 11) is 1.68. The Balaban J connectivity index is 0.000000631. The first-order valence-electron chi connectivity index (χ1n) is 5.61. The summed E-state index contributed by atoms with van der Waals surface area (Å²) in [5.41, 5.74) is 1.16. The van der Waals surface area contributed by atoms with Gasteiger partial charge in [-0.25, -0.2) is 0 Å². The maximum atomic E-state index is 10.2. The van der Waals surface area contributed by atoms with Gasteiger partial charge in [-0.1, -0.05) is 42.5 Å². The number of carbonyl (C=O) groups is 2. The highest BCUT2D eigenvalue weighted by Gasteiger charge is 1.86. The first-order valence-corrected chi connectivity index (χ1v) is 5.61. The lowest BCUT2D eigenvalue weighted by Crippen LogP contribution is -1.82. The summed E-state index contributed by atoms with van der Waals surface area (Å²) in [5, 5.41) is 0. The Morgan fingerprint density at radius 3 is 2.17 bits per heavy atom. The Hall–Kier alpha value is -2.00. The van der Waals surface area contributed by atoms with Crippen LogP contribution in [-0.4, -0.2) is 26.3 Å². The van der Waals surface area contributed by atoms with Crippen molar-refractivity contribution in [3.63, 3.8) is 0 Å². The summed E-state index contributed by atoms with van der Waals surface area (Å²) in [4.78, 5) is 20.5. The summed E-state index contributed by atoms with van der Waals surface area (Å²) in [6.45, 7) is 2.78. The molecule has 0 aliphatic rings. The second-order valence-corrected chi connectivity index (χ2v) is 3.25. The molecular formula is C15H18O3. The molecule has 3 nitrogen and oxygen atoms in total. The van der Waals surface area contributed by atoms with Crippen LogP contribution in [0.25, 0.3) is 6.08 Å². The number of benzene rings is 1. The molecule has 0 spiro atoms. The molecule has 96 valence electrons. The SMILES string of the molecule is CCOC.O=CC(C=O)=C/C=C/c1ccccc1. The maximum Gasteiger partial charge on any atom is 0.153 e. The average molecular weight is 246 g/mol. The van der Waals surface area contributed by atoms with Crippen molar-refractivity contribution in [3.05, 3.63) is 53.6 Å². The maximum absolute atomic E-state index is 10.2. The van der Waals surface area contributed by atoms with Gasteiger partial charge in [-0.05, 0) is 18.6 Å². The zero-order valence-electron chi connectivity index (χ0n) is 10.7. The van der Waals surface area contributed by atoms with Crippen molar-refractivity contribution in [2.45, 2.75) is 6.92 Å². The van der Waals surface area contributed by atoms with E-state index in [0.29, 0.717) is 12.6 Å². The minimum atomic E-state index is 0.136. The van der Waals surface area contributed by atoms with Crippen molar-refractivity contribution in [3.8, 4) is 0 Å². The number of hydrogen-bond donors (Lipinski definition) is 0. The van der Waals surface area contributed by atoms with Gasteiger partial charge < -0.3 is 4.74 Å². The number of allylic oxidation sites excluding steroid dienone is 3. The molecule has 1 rings (SSSR count). The molecule has 3 heteroatoms. The predicted molar refractivity (Wildman–Crippen MR) is 73.2 cm³/mol. The average Bonchev–Trinajstić information content (AvgIpc) is 2.45. The van der Waals surface area contributed by atoms with Crippen molar-refractivity contribution >= 4 is 18.6 Å². The first-order chi connectivity index (χ1) is 8.78. The smallest absolute Gasteiger partial charge is 0.153 e. The fraction of sp³-hybridized carbons (Fsp3) is 0.200. The van der Waals surface area contributed by atoms with Crippen molar-refractivity contribution in [2.75, 3.05) is 13.7 Å². The molecule has 0 aliphatic heterocycles. The van der Waals surface area contributed by atoms with Gasteiger partial charge in [0.2, 0.25) is 0 Å². The number of rotatable bonds is 5. The normalized spacial score (nSPS) is 9.22. The van der Waals surface area contributed by atoms with Crippen LogP contribution in [0.5, 0.6) is 0 Å². The lowest BCUT2D eigenvalue weighted by atomic mass is 10.2. The van der Waals surface area contributed by atoms with E-state index in [4.69, 9.17) is 0 Å². The van der Waals surface area contributed by atoms with Crippen LogP contribution in [0.15, 0.2) is 48.1 Å². The molecule has 0 unspecified atom stereocenters. The van der Waals surface area contributed by atoms with E-state index in [9.17, 15) is 9.59 Å². The third-order valence-corrected chi connectivity index (χ3v) is 1.94. The zero-order valence-corrected chi connectivity index (χ0v) is 10.7. The van der Waals surface area contributed by atoms with E-state index in [1.54, 1.807) is 13.2 Å². The summed E-state index contributed by atoms with van der Waals surface area (Å²) >= 11 is 0. The number of methoxy groups -OCH3 is 1. The van der Waals surface area contributed by atoms with Crippen molar-refractivity contribution in [1.29, 1.82) is 0 Å². The first kappa shape index (κ1) is 16.0. The topological polar surface area (TPSA) is 43.4 Å². The predicted octanol–water partition coefficient (Wildman–Crippen LogP) is 2.68. The molecule has 0 N–H and O–H groups in total. The molecule has 0 heterocycles. The standard InChI is InChI=1S/C12H10O2.C3H8O/c13-9-12(10-14)8-4-7-11-5-2-1-3-6-11;1-3-4-2/h1-10H;3H2,1-2H3/b7-4+;. The Kier molecular flexibility index (Phi) is 10.2. The van der Waals surface area contributed by atoms with Gasteiger partial charge in [0.1, 0.15) is 0 Å². The molecular weight excluding hydrogens is 228 g/mol. The van der Waals surface area contributed by atoms with Crippen LogP contribution < -0.4 is 0 Å². The van der Waals surface area contributed by atoms with Crippen molar-refractivity contribution < 1.29 is 14.3 Å². The lowest BCUT2D eigenvalue weighted by molar-refractivity contribution is -0.109. The highest BCUT2D eigenvalue weighted by molar-refractivity contribution is 5.99. The van der Waals surface area contributed by atoms with Gasteiger partial charge in [0.15, 0.2) is 12.6 Å². The Labute approximate surface area is 108 Å². The van der Waals surface area contributed by atoms with E-state index in [1.807, 2.05) is 43.3 Å². The van der Waals surface area contributed by atoms with E-state index in [2.05, 4.69) is 4.74 Å². The van der Waals surface area contributed by atoms with E-state index in [0.717, 1.165) is 12.2 Å². The molecule has 0 amide bonds. The molecule has 1 aromatic carbocycles. The van der Waals surface area contributed by atoms with Crippen LogP contribution in [0.3, 0.4) is 0 Å². The summed E-state index contributed by atoms with van der Waals surface area (Å²) in [6, 6.07) is 9.64. The van der Waals surface area contributed by atoms with Crippen LogP contribution in [-0.2, 0) is 14.3 Å². The van der Waals surface area contributed by atoms with Crippen LogP contribution >= 0.6 is 0 Å². The molecule has 0 atom stereocenters. The van der Waals surface area contributed by atoms with Gasteiger partial charge in [0, 0.05) is 13.7 Å². The van der Waals surface area contributed by atoms with E-state index in [1.165, 1.54) is 6.08 Å². The van der Waals surface area contributed by atoms with E-state index < -0.39 is 0 Å².